The zero-order valence-corrected chi connectivity index (χ0v) is 7.85. The molecule has 0 radical (unpaired) electrons. The van der Waals surface area contributed by atoms with Gasteiger partial charge in [0.25, 0.3) is 0 Å². The van der Waals surface area contributed by atoms with E-state index in [0.717, 1.165) is 18.5 Å². The van der Waals surface area contributed by atoms with E-state index < -0.39 is 0 Å². The van der Waals surface area contributed by atoms with Gasteiger partial charge >= 0.3 is 0 Å². The standard InChI is InChI=1S/C9H20N2/c1-4-8-5-9(8)11-6-7(2)10-3/h7-11H,4-6H2,1-3H3. The van der Waals surface area contributed by atoms with Crippen molar-refractivity contribution in [2.24, 2.45) is 5.92 Å². The molecule has 0 saturated heterocycles. The van der Waals surface area contributed by atoms with E-state index in [1.54, 1.807) is 0 Å². The number of hydrogen-bond donors (Lipinski definition) is 2. The molecule has 1 aliphatic carbocycles. The number of hydrogen-bond acceptors (Lipinski definition) is 2. The summed E-state index contributed by atoms with van der Waals surface area (Å²) in [6.45, 7) is 5.59. The summed E-state index contributed by atoms with van der Waals surface area (Å²) in [6.07, 6.45) is 2.73. The topological polar surface area (TPSA) is 24.1 Å². The summed E-state index contributed by atoms with van der Waals surface area (Å²) in [6, 6.07) is 1.43. The molecule has 3 atom stereocenters. The fraction of sp³-hybridized carbons (Fsp3) is 1.00. The van der Waals surface area contributed by atoms with Crippen molar-refractivity contribution in [3.05, 3.63) is 0 Å². The monoisotopic (exact) mass is 156 g/mol. The van der Waals surface area contributed by atoms with Crippen LogP contribution in [0, 0.1) is 5.92 Å². The van der Waals surface area contributed by atoms with Crippen LogP contribution >= 0.6 is 0 Å². The summed E-state index contributed by atoms with van der Waals surface area (Å²) in [5.41, 5.74) is 0. The molecule has 1 fully saturated rings. The lowest BCUT2D eigenvalue weighted by Crippen LogP contribution is -2.35. The number of nitrogens with one attached hydrogen (secondary N) is 2. The minimum absolute atomic E-state index is 0.605. The summed E-state index contributed by atoms with van der Waals surface area (Å²) in [5, 5.41) is 6.76. The van der Waals surface area contributed by atoms with E-state index in [-0.39, 0.29) is 0 Å². The average Bonchev–Trinajstić information content (AvgIpc) is 2.78. The molecule has 0 heterocycles. The molecule has 66 valence electrons. The van der Waals surface area contributed by atoms with Gasteiger partial charge in [-0.1, -0.05) is 13.3 Å². The van der Waals surface area contributed by atoms with Gasteiger partial charge in [-0.05, 0) is 26.3 Å². The Bertz CT molecular complexity index is 114. The second-order valence-corrected chi connectivity index (χ2v) is 3.61. The van der Waals surface area contributed by atoms with E-state index in [1.807, 2.05) is 7.05 Å². The van der Waals surface area contributed by atoms with Gasteiger partial charge in [0, 0.05) is 18.6 Å². The Kier molecular flexibility index (Phi) is 3.34. The molecule has 0 bridgehead atoms. The van der Waals surface area contributed by atoms with Crippen LogP contribution in [0.4, 0.5) is 0 Å². The van der Waals surface area contributed by atoms with Crippen molar-refractivity contribution in [2.75, 3.05) is 13.6 Å². The highest BCUT2D eigenvalue weighted by atomic mass is 15.0. The van der Waals surface area contributed by atoms with Crippen molar-refractivity contribution in [1.29, 1.82) is 0 Å². The lowest BCUT2D eigenvalue weighted by atomic mass is 10.3. The van der Waals surface area contributed by atoms with E-state index in [4.69, 9.17) is 0 Å². The molecule has 0 aliphatic heterocycles. The smallest absolute Gasteiger partial charge is 0.0161 e. The summed E-state index contributed by atoms with van der Waals surface area (Å²) in [7, 11) is 2.01. The maximum Gasteiger partial charge on any atom is 0.0161 e. The molecule has 0 aromatic heterocycles. The maximum atomic E-state index is 3.55. The fourth-order valence-corrected chi connectivity index (χ4v) is 1.38. The Morgan fingerprint density at radius 1 is 1.55 bits per heavy atom. The Morgan fingerprint density at radius 3 is 2.73 bits per heavy atom. The van der Waals surface area contributed by atoms with Crippen LogP contribution in [0.2, 0.25) is 0 Å². The first-order valence-electron chi connectivity index (χ1n) is 4.68. The van der Waals surface area contributed by atoms with E-state index >= 15 is 0 Å². The molecule has 2 heteroatoms. The van der Waals surface area contributed by atoms with Gasteiger partial charge in [-0.15, -0.1) is 0 Å². The van der Waals surface area contributed by atoms with Crippen molar-refractivity contribution in [2.45, 2.75) is 38.8 Å². The molecule has 0 aromatic carbocycles. The third kappa shape index (κ3) is 2.80. The fourth-order valence-electron chi connectivity index (χ4n) is 1.38. The van der Waals surface area contributed by atoms with E-state index in [0.29, 0.717) is 6.04 Å². The summed E-state index contributed by atoms with van der Waals surface area (Å²) >= 11 is 0. The van der Waals surface area contributed by atoms with Gasteiger partial charge in [0.1, 0.15) is 0 Å². The Labute approximate surface area is 69.8 Å². The van der Waals surface area contributed by atoms with E-state index in [9.17, 15) is 0 Å². The molecular weight excluding hydrogens is 136 g/mol. The maximum absolute atomic E-state index is 3.55. The molecule has 1 aliphatic rings. The summed E-state index contributed by atoms with van der Waals surface area (Å²) in [4.78, 5) is 0. The molecule has 1 rings (SSSR count). The number of rotatable bonds is 5. The first kappa shape index (κ1) is 9.01. The van der Waals surface area contributed by atoms with Crippen molar-refractivity contribution in [1.82, 2.24) is 10.6 Å². The van der Waals surface area contributed by atoms with Crippen molar-refractivity contribution < 1.29 is 0 Å². The largest absolute Gasteiger partial charge is 0.316 e. The molecule has 2 nitrogen and oxygen atoms in total. The number of likely N-dealkylation sites (N-methyl/N-ethyl adjacent to an activating group) is 1. The van der Waals surface area contributed by atoms with Gasteiger partial charge in [-0.2, -0.15) is 0 Å². The predicted octanol–water partition coefficient (Wildman–Crippen LogP) is 0.982. The van der Waals surface area contributed by atoms with Crippen LogP contribution in [0.3, 0.4) is 0 Å². The van der Waals surface area contributed by atoms with Crippen molar-refractivity contribution in [3.8, 4) is 0 Å². The Hall–Kier alpha value is -0.0800. The molecule has 1 saturated carbocycles. The molecule has 3 unspecified atom stereocenters. The van der Waals surface area contributed by atoms with Gasteiger partial charge in [0.15, 0.2) is 0 Å². The second kappa shape index (κ2) is 4.07. The van der Waals surface area contributed by atoms with Crippen LogP contribution < -0.4 is 10.6 Å². The quantitative estimate of drug-likeness (QED) is 0.620. The van der Waals surface area contributed by atoms with Crippen molar-refractivity contribution >= 4 is 0 Å². The highest BCUT2D eigenvalue weighted by Gasteiger charge is 2.34. The Morgan fingerprint density at radius 2 is 2.27 bits per heavy atom. The normalized spacial score (nSPS) is 31.9. The highest BCUT2D eigenvalue weighted by Crippen LogP contribution is 2.32. The molecule has 11 heavy (non-hydrogen) atoms. The van der Waals surface area contributed by atoms with Gasteiger partial charge in [0.05, 0.1) is 0 Å². The van der Waals surface area contributed by atoms with Gasteiger partial charge in [-0.3, -0.25) is 0 Å². The molecule has 0 spiro atoms. The SMILES string of the molecule is CCC1CC1NCC(C)NC. The van der Waals surface area contributed by atoms with Crippen LogP contribution in [0.15, 0.2) is 0 Å². The third-order valence-corrected chi connectivity index (χ3v) is 2.63. The van der Waals surface area contributed by atoms with Gasteiger partial charge in [-0.25, -0.2) is 0 Å². The zero-order valence-electron chi connectivity index (χ0n) is 7.85. The van der Waals surface area contributed by atoms with Crippen molar-refractivity contribution in [3.63, 3.8) is 0 Å². The molecule has 0 aromatic rings. The van der Waals surface area contributed by atoms with Crippen LogP contribution in [0.1, 0.15) is 26.7 Å². The van der Waals surface area contributed by atoms with Crippen LogP contribution in [0.25, 0.3) is 0 Å². The van der Waals surface area contributed by atoms with Crippen LogP contribution in [-0.4, -0.2) is 25.7 Å². The Balaban J connectivity index is 1.97. The average molecular weight is 156 g/mol. The molecular formula is C9H20N2. The lowest BCUT2D eigenvalue weighted by molar-refractivity contribution is 0.523. The van der Waals surface area contributed by atoms with Crippen LogP contribution in [0.5, 0.6) is 0 Å². The first-order chi connectivity index (χ1) is 5.27. The second-order valence-electron chi connectivity index (χ2n) is 3.61. The highest BCUT2D eigenvalue weighted by molar-refractivity contribution is 4.92. The first-order valence-corrected chi connectivity index (χ1v) is 4.68. The summed E-state index contributed by atoms with van der Waals surface area (Å²) in [5.74, 6) is 0.971. The minimum Gasteiger partial charge on any atom is -0.316 e. The lowest BCUT2D eigenvalue weighted by Gasteiger charge is -2.10. The van der Waals surface area contributed by atoms with E-state index in [1.165, 1.54) is 12.8 Å². The van der Waals surface area contributed by atoms with Gasteiger partial charge in [0.2, 0.25) is 0 Å². The van der Waals surface area contributed by atoms with Gasteiger partial charge < -0.3 is 10.6 Å². The minimum atomic E-state index is 0.605. The predicted molar refractivity (Wildman–Crippen MR) is 48.7 cm³/mol. The molecule has 2 N–H and O–H groups in total. The third-order valence-electron chi connectivity index (χ3n) is 2.63. The summed E-state index contributed by atoms with van der Waals surface area (Å²) < 4.78 is 0. The zero-order chi connectivity index (χ0) is 8.27. The molecule has 0 amide bonds. The van der Waals surface area contributed by atoms with Crippen LogP contribution in [-0.2, 0) is 0 Å². The van der Waals surface area contributed by atoms with E-state index in [2.05, 4.69) is 24.5 Å².